The Morgan fingerprint density at radius 3 is 2.12 bits per heavy atom. The molecule has 2 aromatic carbocycles. The molecule has 3 rings (SSSR count). The average Bonchev–Trinajstić information content (AvgIpc) is 3.05. The Hall–Kier alpha value is -3.16. The lowest BCUT2D eigenvalue weighted by Crippen LogP contribution is -2.37. The SMILES string of the molecule is COCCN(CCOC)C1=C(c2ccc(C)c(C)c2)C(=O)N(c2cccc(OC)c2)C1=O. The number of hydrogen-bond donors (Lipinski definition) is 0. The quantitative estimate of drug-likeness (QED) is 0.531. The number of aryl methyl sites for hydroxylation is 2. The number of rotatable bonds is 10. The molecule has 0 atom stereocenters. The summed E-state index contributed by atoms with van der Waals surface area (Å²) in [6, 6.07) is 12.8. The number of imide groups is 1. The fraction of sp³-hybridized carbons (Fsp3) is 0.360. The zero-order valence-electron chi connectivity index (χ0n) is 19.3. The minimum Gasteiger partial charge on any atom is -0.497 e. The van der Waals surface area contributed by atoms with Crippen molar-refractivity contribution < 1.29 is 23.8 Å². The van der Waals surface area contributed by atoms with Gasteiger partial charge in [0.2, 0.25) is 0 Å². The first-order chi connectivity index (χ1) is 15.4. The van der Waals surface area contributed by atoms with Crippen LogP contribution in [0.4, 0.5) is 5.69 Å². The molecule has 0 bridgehead atoms. The third kappa shape index (κ3) is 4.69. The first-order valence-corrected chi connectivity index (χ1v) is 10.5. The monoisotopic (exact) mass is 438 g/mol. The smallest absolute Gasteiger partial charge is 0.282 e. The predicted octanol–water partition coefficient (Wildman–Crippen LogP) is 3.19. The summed E-state index contributed by atoms with van der Waals surface area (Å²) in [5.74, 6) is -0.162. The average molecular weight is 439 g/mol. The molecule has 1 aliphatic rings. The molecule has 0 fully saturated rings. The number of ether oxygens (including phenoxy) is 3. The van der Waals surface area contributed by atoms with Crippen molar-refractivity contribution in [1.29, 1.82) is 0 Å². The number of hydrogen-bond acceptors (Lipinski definition) is 6. The van der Waals surface area contributed by atoms with E-state index >= 15 is 0 Å². The first kappa shape index (κ1) is 23.5. The lowest BCUT2D eigenvalue weighted by Gasteiger charge is -2.25. The van der Waals surface area contributed by atoms with Gasteiger partial charge in [-0.1, -0.05) is 24.3 Å². The number of carbonyl (C=O) groups excluding carboxylic acids is 2. The molecule has 0 unspecified atom stereocenters. The van der Waals surface area contributed by atoms with E-state index in [1.807, 2.05) is 36.9 Å². The largest absolute Gasteiger partial charge is 0.497 e. The molecule has 0 saturated heterocycles. The highest BCUT2D eigenvalue weighted by Gasteiger charge is 2.42. The summed E-state index contributed by atoms with van der Waals surface area (Å²) in [4.78, 5) is 30.5. The van der Waals surface area contributed by atoms with Crippen molar-refractivity contribution in [2.45, 2.75) is 13.8 Å². The van der Waals surface area contributed by atoms with Gasteiger partial charge in [-0.25, -0.2) is 4.90 Å². The molecule has 32 heavy (non-hydrogen) atoms. The van der Waals surface area contributed by atoms with Crippen molar-refractivity contribution in [3.8, 4) is 5.75 Å². The number of methoxy groups -OCH3 is 3. The first-order valence-electron chi connectivity index (χ1n) is 10.5. The predicted molar refractivity (Wildman–Crippen MR) is 124 cm³/mol. The number of anilines is 1. The van der Waals surface area contributed by atoms with Crippen molar-refractivity contribution in [2.24, 2.45) is 0 Å². The summed E-state index contributed by atoms with van der Waals surface area (Å²) in [7, 11) is 4.77. The molecule has 2 amide bonds. The van der Waals surface area contributed by atoms with E-state index in [9.17, 15) is 9.59 Å². The molecule has 0 saturated carbocycles. The Labute approximate surface area is 189 Å². The highest BCUT2D eigenvalue weighted by molar-refractivity contribution is 6.45. The van der Waals surface area contributed by atoms with E-state index in [1.54, 1.807) is 45.6 Å². The summed E-state index contributed by atoms with van der Waals surface area (Å²) < 4.78 is 15.8. The molecular weight excluding hydrogens is 408 g/mol. The third-order valence-electron chi connectivity index (χ3n) is 5.61. The van der Waals surface area contributed by atoms with Crippen LogP contribution >= 0.6 is 0 Å². The highest BCUT2D eigenvalue weighted by atomic mass is 16.5. The molecule has 1 aliphatic heterocycles. The van der Waals surface area contributed by atoms with Gasteiger partial charge in [-0.05, 0) is 42.7 Å². The normalized spacial score (nSPS) is 13.8. The van der Waals surface area contributed by atoms with Crippen molar-refractivity contribution in [2.75, 3.05) is 52.5 Å². The van der Waals surface area contributed by atoms with Gasteiger partial charge < -0.3 is 19.1 Å². The van der Waals surface area contributed by atoms with E-state index in [2.05, 4.69) is 0 Å². The summed E-state index contributed by atoms with van der Waals surface area (Å²) >= 11 is 0. The van der Waals surface area contributed by atoms with E-state index < -0.39 is 0 Å². The summed E-state index contributed by atoms with van der Waals surface area (Å²) in [6.45, 7) is 5.74. The zero-order valence-corrected chi connectivity index (χ0v) is 19.3. The van der Waals surface area contributed by atoms with Gasteiger partial charge in [0, 0.05) is 33.4 Å². The Balaban J connectivity index is 2.15. The van der Waals surface area contributed by atoms with E-state index in [0.29, 0.717) is 54.6 Å². The maximum Gasteiger partial charge on any atom is 0.282 e. The van der Waals surface area contributed by atoms with E-state index in [0.717, 1.165) is 11.1 Å². The van der Waals surface area contributed by atoms with Gasteiger partial charge in [0.25, 0.3) is 11.8 Å². The van der Waals surface area contributed by atoms with Crippen molar-refractivity contribution in [1.82, 2.24) is 4.90 Å². The number of amides is 2. The molecule has 7 nitrogen and oxygen atoms in total. The Bertz CT molecular complexity index is 1020. The zero-order chi connectivity index (χ0) is 23.3. The van der Waals surface area contributed by atoms with Crippen LogP contribution in [0.3, 0.4) is 0 Å². The highest BCUT2D eigenvalue weighted by Crippen LogP contribution is 2.36. The van der Waals surface area contributed by atoms with Gasteiger partial charge in [0.05, 0.1) is 31.6 Å². The molecule has 2 aromatic rings. The maximum absolute atomic E-state index is 13.7. The van der Waals surface area contributed by atoms with Crippen LogP contribution in [0.25, 0.3) is 5.57 Å². The van der Waals surface area contributed by atoms with Gasteiger partial charge in [-0.15, -0.1) is 0 Å². The van der Waals surface area contributed by atoms with Crippen molar-refractivity contribution in [3.63, 3.8) is 0 Å². The van der Waals surface area contributed by atoms with Crippen LogP contribution < -0.4 is 9.64 Å². The molecular formula is C25H30N2O5. The maximum atomic E-state index is 13.7. The van der Waals surface area contributed by atoms with Crippen LogP contribution in [0.15, 0.2) is 48.2 Å². The minimum atomic E-state index is -0.372. The van der Waals surface area contributed by atoms with E-state index in [-0.39, 0.29) is 11.8 Å². The fourth-order valence-electron chi connectivity index (χ4n) is 3.69. The van der Waals surface area contributed by atoms with Gasteiger partial charge in [0.1, 0.15) is 11.4 Å². The molecule has 0 N–H and O–H groups in total. The van der Waals surface area contributed by atoms with Crippen molar-refractivity contribution in [3.05, 3.63) is 64.9 Å². The minimum absolute atomic E-state index is 0.357. The topological polar surface area (TPSA) is 68.3 Å². The second-order valence-corrected chi connectivity index (χ2v) is 7.64. The lowest BCUT2D eigenvalue weighted by atomic mass is 9.99. The van der Waals surface area contributed by atoms with Crippen LogP contribution in [-0.2, 0) is 19.1 Å². The molecule has 7 heteroatoms. The number of benzene rings is 2. The van der Waals surface area contributed by atoms with Gasteiger partial charge in [-0.2, -0.15) is 0 Å². The van der Waals surface area contributed by atoms with Gasteiger partial charge in [0.15, 0.2) is 0 Å². The molecule has 0 aromatic heterocycles. The van der Waals surface area contributed by atoms with E-state index in [4.69, 9.17) is 14.2 Å². The van der Waals surface area contributed by atoms with Gasteiger partial charge >= 0.3 is 0 Å². The second-order valence-electron chi connectivity index (χ2n) is 7.64. The standard InChI is InChI=1S/C25H30N2O5/c1-17-9-10-19(15-18(17)2)22-23(26(11-13-30-3)12-14-31-4)25(29)27(24(22)28)20-7-6-8-21(16-20)32-5/h6-10,15-16H,11-14H2,1-5H3. The van der Waals surface area contributed by atoms with Crippen LogP contribution in [0.5, 0.6) is 5.75 Å². The Kier molecular flexibility index (Phi) is 7.66. The Morgan fingerprint density at radius 2 is 1.53 bits per heavy atom. The molecule has 0 radical (unpaired) electrons. The van der Waals surface area contributed by atoms with E-state index in [1.165, 1.54) is 4.90 Å². The molecule has 0 aliphatic carbocycles. The third-order valence-corrected chi connectivity index (χ3v) is 5.61. The van der Waals surface area contributed by atoms with Gasteiger partial charge in [-0.3, -0.25) is 9.59 Å². The fourth-order valence-corrected chi connectivity index (χ4v) is 3.69. The van der Waals surface area contributed by atoms with Crippen LogP contribution in [0, 0.1) is 13.8 Å². The summed E-state index contributed by atoms with van der Waals surface area (Å²) in [5.41, 5.74) is 4.09. The van der Waals surface area contributed by atoms with Crippen LogP contribution in [0.1, 0.15) is 16.7 Å². The lowest BCUT2D eigenvalue weighted by molar-refractivity contribution is -0.120. The number of carbonyl (C=O) groups is 2. The summed E-state index contributed by atoms with van der Waals surface area (Å²) in [6.07, 6.45) is 0. The second kappa shape index (κ2) is 10.4. The molecule has 1 heterocycles. The molecule has 0 spiro atoms. The Morgan fingerprint density at radius 1 is 0.844 bits per heavy atom. The number of nitrogens with zero attached hydrogens (tertiary/aromatic N) is 2. The molecule has 170 valence electrons. The van der Waals surface area contributed by atoms with Crippen molar-refractivity contribution >= 4 is 23.1 Å². The summed E-state index contributed by atoms with van der Waals surface area (Å²) in [5, 5.41) is 0. The van der Waals surface area contributed by atoms with Crippen LogP contribution in [-0.4, -0.2) is 64.3 Å². The van der Waals surface area contributed by atoms with Crippen LogP contribution in [0.2, 0.25) is 0 Å².